The van der Waals surface area contributed by atoms with Gasteiger partial charge in [0, 0.05) is 23.1 Å². The largest absolute Gasteiger partial charge is 0.462 e. The van der Waals surface area contributed by atoms with E-state index in [4.69, 9.17) is 9.15 Å². The number of amides is 2. The summed E-state index contributed by atoms with van der Waals surface area (Å²) in [6, 6.07) is 13.9. The van der Waals surface area contributed by atoms with Crippen LogP contribution in [0.2, 0.25) is 0 Å². The van der Waals surface area contributed by atoms with Crippen molar-refractivity contribution < 1.29 is 23.5 Å². The summed E-state index contributed by atoms with van der Waals surface area (Å²) >= 11 is 0. The molecule has 1 heterocycles. The molecule has 1 aliphatic rings. The van der Waals surface area contributed by atoms with Crippen LogP contribution >= 0.6 is 0 Å². The van der Waals surface area contributed by atoms with E-state index in [1.165, 1.54) is 0 Å². The van der Waals surface area contributed by atoms with Crippen LogP contribution in [0, 0.1) is 13.8 Å². The first-order valence-electron chi connectivity index (χ1n) is 11.5. The molecule has 0 radical (unpaired) electrons. The van der Waals surface area contributed by atoms with E-state index in [9.17, 15) is 14.4 Å². The van der Waals surface area contributed by atoms with Gasteiger partial charge in [-0.1, -0.05) is 29.8 Å². The number of nitrogens with zero attached hydrogens (tertiary/aromatic N) is 1. The van der Waals surface area contributed by atoms with Crippen LogP contribution in [0.3, 0.4) is 0 Å². The molecule has 0 fully saturated rings. The fourth-order valence-corrected chi connectivity index (χ4v) is 4.12. The molecule has 4 rings (SSSR count). The molecule has 0 spiro atoms. The minimum Gasteiger partial charge on any atom is -0.462 e. The molecule has 2 amide bonds. The van der Waals surface area contributed by atoms with Crippen molar-refractivity contribution >= 4 is 29.2 Å². The Bertz CT molecular complexity index is 1320. The van der Waals surface area contributed by atoms with Gasteiger partial charge in [0.1, 0.15) is 5.76 Å². The zero-order valence-corrected chi connectivity index (χ0v) is 19.9. The molecule has 8 nitrogen and oxygen atoms in total. The maximum absolute atomic E-state index is 13.1. The number of ether oxygens (including phenoxy) is 1. The highest BCUT2D eigenvalue weighted by Crippen LogP contribution is 2.30. The molecule has 3 aromatic rings. The molecule has 1 aliphatic carbocycles. The summed E-state index contributed by atoms with van der Waals surface area (Å²) < 4.78 is 11.0. The molecule has 1 aromatic heterocycles. The number of fused-ring (bicyclic) bond motifs is 1. The molecule has 8 heteroatoms. The Morgan fingerprint density at radius 2 is 1.83 bits per heavy atom. The average Bonchev–Trinajstić information content (AvgIpc) is 3.20. The highest BCUT2D eigenvalue weighted by Gasteiger charge is 2.28. The number of carbonyl (C=O) groups is 3. The van der Waals surface area contributed by atoms with E-state index < -0.39 is 11.9 Å². The fourth-order valence-electron chi connectivity index (χ4n) is 4.12. The number of esters is 1. The second-order valence-corrected chi connectivity index (χ2v) is 8.30. The number of aryl methyl sites for hydroxylation is 2. The van der Waals surface area contributed by atoms with E-state index in [1.807, 2.05) is 19.1 Å². The Kier molecular flexibility index (Phi) is 7.10. The van der Waals surface area contributed by atoms with E-state index in [2.05, 4.69) is 15.8 Å². The zero-order valence-electron chi connectivity index (χ0n) is 19.9. The Morgan fingerprint density at radius 3 is 2.60 bits per heavy atom. The predicted molar refractivity (Wildman–Crippen MR) is 132 cm³/mol. The van der Waals surface area contributed by atoms with Gasteiger partial charge in [-0.05, 0) is 57.9 Å². The van der Waals surface area contributed by atoms with Gasteiger partial charge in [0.2, 0.25) is 0 Å². The fraction of sp³-hybridized carbons (Fsp3) is 0.259. The van der Waals surface area contributed by atoms with Crippen LogP contribution in [0.25, 0.3) is 0 Å². The molecule has 0 unspecified atom stereocenters. The molecule has 0 saturated carbocycles. The van der Waals surface area contributed by atoms with Crippen LogP contribution in [0.1, 0.15) is 73.5 Å². The number of anilines is 1. The van der Waals surface area contributed by atoms with Crippen LogP contribution in [-0.2, 0) is 11.2 Å². The van der Waals surface area contributed by atoms with E-state index in [0.717, 1.165) is 17.5 Å². The van der Waals surface area contributed by atoms with Crippen molar-refractivity contribution in [3.05, 3.63) is 87.9 Å². The summed E-state index contributed by atoms with van der Waals surface area (Å²) in [5.74, 6) is -0.494. The lowest BCUT2D eigenvalue weighted by atomic mass is 9.93. The second kappa shape index (κ2) is 10.4. The highest BCUT2D eigenvalue weighted by atomic mass is 16.5. The van der Waals surface area contributed by atoms with Gasteiger partial charge < -0.3 is 14.5 Å². The van der Waals surface area contributed by atoms with Crippen LogP contribution in [0.5, 0.6) is 0 Å². The van der Waals surface area contributed by atoms with Gasteiger partial charge in [-0.3, -0.25) is 9.59 Å². The molecule has 2 N–H and O–H groups in total. The van der Waals surface area contributed by atoms with E-state index in [-0.39, 0.29) is 23.8 Å². The third-order valence-corrected chi connectivity index (χ3v) is 5.78. The normalized spacial score (nSPS) is 13.7. The molecular formula is C27H27N3O5. The lowest BCUT2D eigenvalue weighted by Gasteiger charge is -2.13. The lowest BCUT2D eigenvalue weighted by Crippen LogP contribution is -2.22. The number of nitrogens with one attached hydrogen (secondary N) is 2. The van der Waals surface area contributed by atoms with Crippen LogP contribution in [-0.4, -0.2) is 30.1 Å². The monoisotopic (exact) mass is 473 g/mol. The Labute approximate surface area is 203 Å². The second-order valence-electron chi connectivity index (χ2n) is 8.30. The van der Waals surface area contributed by atoms with Gasteiger partial charge in [-0.2, -0.15) is 5.10 Å². The summed E-state index contributed by atoms with van der Waals surface area (Å²) in [4.78, 5) is 37.9. The van der Waals surface area contributed by atoms with Gasteiger partial charge in [0.15, 0.2) is 5.76 Å². The topological polar surface area (TPSA) is 110 Å². The van der Waals surface area contributed by atoms with E-state index in [1.54, 1.807) is 50.2 Å². The number of hydrogen-bond acceptors (Lipinski definition) is 6. The van der Waals surface area contributed by atoms with E-state index in [0.29, 0.717) is 41.1 Å². The highest BCUT2D eigenvalue weighted by molar-refractivity contribution is 6.11. The number of para-hydroxylation sites is 1. The van der Waals surface area contributed by atoms with Crippen molar-refractivity contribution in [2.24, 2.45) is 5.10 Å². The first-order valence-corrected chi connectivity index (χ1v) is 11.5. The third-order valence-electron chi connectivity index (χ3n) is 5.78. The molecule has 0 bridgehead atoms. The standard InChI is InChI=1S/C27H27N3O5/c1-4-34-27(33)19-11-5-6-12-20(19)28-26(32)24-17(3)23-21(13-8-14-22(23)35-24)29-30-25(31)18-10-7-9-16(2)15-18/h5-7,9-12,15H,4,8,13-14H2,1-3H3,(H,28,32)(H,30,31)/b29-21+. The minimum atomic E-state index is -0.516. The van der Waals surface area contributed by atoms with Gasteiger partial charge in [0.25, 0.3) is 11.8 Å². The van der Waals surface area contributed by atoms with Gasteiger partial charge >= 0.3 is 5.97 Å². The number of hydrogen-bond donors (Lipinski definition) is 2. The molecule has 2 aromatic carbocycles. The van der Waals surface area contributed by atoms with Crippen LogP contribution in [0.15, 0.2) is 58.0 Å². The van der Waals surface area contributed by atoms with Crippen LogP contribution in [0.4, 0.5) is 5.69 Å². The maximum Gasteiger partial charge on any atom is 0.340 e. The lowest BCUT2D eigenvalue weighted by molar-refractivity contribution is 0.0527. The summed E-state index contributed by atoms with van der Waals surface area (Å²) in [7, 11) is 0. The average molecular weight is 474 g/mol. The number of rotatable bonds is 6. The van der Waals surface area contributed by atoms with Crippen molar-refractivity contribution in [1.29, 1.82) is 0 Å². The van der Waals surface area contributed by atoms with Crippen LogP contribution < -0.4 is 10.7 Å². The molecule has 180 valence electrons. The first kappa shape index (κ1) is 23.9. The number of hydrazone groups is 1. The Hall–Kier alpha value is -4.20. The number of benzene rings is 2. The van der Waals surface area contributed by atoms with Crippen molar-refractivity contribution in [2.75, 3.05) is 11.9 Å². The molecular weight excluding hydrogens is 446 g/mol. The molecule has 0 atom stereocenters. The van der Waals surface area contributed by atoms with Crippen molar-refractivity contribution in [3.63, 3.8) is 0 Å². The number of carbonyl (C=O) groups excluding carboxylic acids is 3. The predicted octanol–water partition coefficient (Wildman–Crippen LogP) is 4.80. The van der Waals surface area contributed by atoms with Crippen molar-refractivity contribution in [3.8, 4) is 0 Å². The summed E-state index contributed by atoms with van der Waals surface area (Å²) in [6.45, 7) is 5.66. The molecule has 0 aliphatic heterocycles. The van der Waals surface area contributed by atoms with Gasteiger partial charge in [-0.15, -0.1) is 0 Å². The quantitative estimate of drug-likeness (QED) is 0.395. The number of furan rings is 1. The zero-order chi connectivity index (χ0) is 24.9. The Morgan fingerprint density at radius 1 is 1.03 bits per heavy atom. The molecule has 0 saturated heterocycles. The summed E-state index contributed by atoms with van der Waals surface area (Å²) in [5.41, 5.74) is 6.77. The maximum atomic E-state index is 13.1. The minimum absolute atomic E-state index is 0.147. The van der Waals surface area contributed by atoms with Crippen molar-refractivity contribution in [1.82, 2.24) is 5.43 Å². The smallest absolute Gasteiger partial charge is 0.340 e. The summed E-state index contributed by atoms with van der Waals surface area (Å²) in [6.07, 6.45) is 2.09. The first-order chi connectivity index (χ1) is 16.9. The Balaban J connectivity index is 1.57. The van der Waals surface area contributed by atoms with Gasteiger partial charge in [0.05, 0.1) is 23.6 Å². The third kappa shape index (κ3) is 5.16. The van der Waals surface area contributed by atoms with Crippen molar-refractivity contribution in [2.45, 2.75) is 40.0 Å². The van der Waals surface area contributed by atoms with E-state index >= 15 is 0 Å². The van der Waals surface area contributed by atoms with Gasteiger partial charge in [-0.25, -0.2) is 10.2 Å². The molecule has 35 heavy (non-hydrogen) atoms. The summed E-state index contributed by atoms with van der Waals surface area (Å²) in [5, 5.41) is 7.13. The SMILES string of the molecule is CCOC(=O)c1ccccc1NC(=O)c1oc2c(c1C)/C(=N/NC(=O)c1cccc(C)c1)CCC2.